The lowest BCUT2D eigenvalue weighted by molar-refractivity contribution is -0.126. The predicted octanol–water partition coefficient (Wildman–Crippen LogP) is 3.74. The van der Waals surface area contributed by atoms with Crippen LogP contribution in [0.4, 0.5) is 5.13 Å². The van der Waals surface area contributed by atoms with Crippen molar-refractivity contribution in [2.45, 2.75) is 38.1 Å². The smallest absolute Gasteiger partial charge is 0.223 e. The molecule has 0 saturated carbocycles. The highest BCUT2D eigenvalue weighted by atomic mass is 32.1. The Kier molecular flexibility index (Phi) is 5.06. The molecule has 0 spiro atoms. The Labute approximate surface area is 174 Å². The van der Waals surface area contributed by atoms with Crippen LogP contribution in [-0.4, -0.2) is 33.8 Å². The molecule has 6 nitrogen and oxygen atoms in total. The highest BCUT2D eigenvalue weighted by Gasteiger charge is 2.29. The summed E-state index contributed by atoms with van der Waals surface area (Å²) >= 11 is 1.59. The molecule has 0 unspecified atom stereocenters. The molecule has 0 bridgehead atoms. The molecular weight excluding hydrogens is 382 g/mol. The number of fused-ring (bicyclic) bond motifs is 1. The van der Waals surface area contributed by atoms with Crippen molar-refractivity contribution in [2.75, 3.05) is 18.0 Å². The summed E-state index contributed by atoms with van der Waals surface area (Å²) in [7, 11) is 0. The fourth-order valence-electron chi connectivity index (χ4n) is 4.43. The van der Waals surface area contributed by atoms with Gasteiger partial charge >= 0.3 is 0 Å². The summed E-state index contributed by atoms with van der Waals surface area (Å²) < 4.78 is 1.98. The van der Waals surface area contributed by atoms with Crippen molar-refractivity contribution < 1.29 is 4.79 Å². The average Bonchev–Trinajstić information content (AvgIpc) is 3.46. The number of hydrogen-bond donors (Lipinski definition) is 1. The summed E-state index contributed by atoms with van der Waals surface area (Å²) in [6, 6.07) is 12.7. The van der Waals surface area contributed by atoms with Gasteiger partial charge in [0.15, 0.2) is 0 Å². The Morgan fingerprint density at radius 1 is 1.00 bits per heavy atom. The summed E-state index contributed by atoms with van der Waals surface area (Å²) in [5, 5.41) is 13.8. The Bertz CT molecular complexity index is 975. The SMILES string of the molecule is O=C(N[C@H]1CCCc2ccccc21)C1CCN(c2nnc(-n3cccc3)s2)CC1. The molecule has 1 aromatic carbocycles. The van der Waals surface area contributed by atoms with Gasteiger partial charge in [0.2, 0.25) is 16.2 Å². The number of carbonyl (C=O) groups is 1. The first-order chi connectivity index (χ1) is 14.3. The molecule has 5 rings (SSSR count). The van der Waals surface area contributed by atoms with Gasteiger partial charge in [-0.1, -0.05) is 35.6 Å². The molecule has 1 fully saturated rings. The second kappa shape index (κ2) is 7.99. The Balaban J connectivity index is 1.19. The number of rotatable bonds is 4. The van der Waals surface area contributed by atoms with Crippen LogP contribution in [0.3, 0.4) is 0 Å². The largest absolute Gasteiger partial charge is 0.349 e. The molecule has 1 aliphatic carbocycles. The van der Waals surface area contributed by atoms with E-state index in [0.29, 0.717) is 0 Å². The van der Waals surface area contributed by atoms with E-state index in [-0.39, 0.29) is 17.9 Å². The van der Waals surface area contributed by atoms with Crippen LogP contribution in [0, 0.1) is 5.92 Å². The van der Waals surface area contributed by atoms with Gasteiger partial charge in [-0.05, 0) is 55.4 Å². The topological polar surface area (TPSA) is 63.1 Å². The zero-order valence-electron chi connectivity index (χ0n) is 16.3. The van der Waals surface area contributed by atoms with Crippen LogP contribution in [0.25, 0.3) is 5.13 Å². The van der Waals surface area contributed by atoms with E-state index in [4.69, 9.17) is 0 Å². The van der Waals surface area contributed by atoms with Crippen LogP contribution in [-0.2, 0) is 11.2 Å². The number of benzene rings is 1. The van der Waals surface area contributed by atoms with Crippen molar-refractivity contribution >= 4 is 22.4 Å². The van der Waals surface area contributed by atoms with Crippen molar-refractivity contribution in [3.05, 3.63) is 59.9 Å². The van der Waals surface area contributed by atoms with E-state index in [1.165, 1.54) is 11.1 Å². The average molecular weight is 408 g/mol. The first-order valence-corrected chi connectivity index (χ1v) is 11.2. The minimum absolute atomic E-state index is 0.0807. The van der Waals surface area contributed by atoms with Gasteiger partial charge in [0.1, 0.15) is 0 Å². The van der Waals surface area contributed by atoms with Crippen LogP contribution in [0.15, 0.2) is 48.8 Å². The summed E-state index contributed by atoms with van der Waals surface area (Å²) in [6.45, 7) is 1.69. The number of nitrogens with one attached hydrogen (secondary N) is 1. The highest BCUT2D eigenvalue weighted by Crippen LogP contribution is 2.31. The molecule has 2 aromatic heterocycles. The lowest BCUT2D eigenvalue weighted by Gasteiger charge is -2.33. The Morgan fingerprint density at radius 2 is 1.76 bits per heavy atom. The lowest BCUT2D eigenvalue weighted by Crippen LogP contribution is -2.42. The standard InChI is InChI=1S/C22H25N5OS/c28-20(23-19-9-5-7-16-6-1-2-8-18(16)19)17-10-14-27(15-11-17)22-25-24-21(29-22)26-12-3-4-13-26/h1-4,6,8,12-13,17,19H,5,7,9-11,14-15H2,(H,23,28)/t19-/m0/s1. The summed E-state index contributed by atoms with van der Waals surface area (Å²) in [5.41, 5.74) is 2.68. The summed E-state index contributed by atoms with van der Waals surface area (Å²) in [4.78, 5) is 15.2. The van der Waals surface area contributed by atoms with Gasteiger partial charge < -0.3 is 10.2 Å². The normalized spacial score (nSPS) is 19.7. The first-order valence-electron chi connectivity index (χ1n) is 10.4. The summed E-state index contributed by atoms with van der Waals surface area (Å²) in [5.74, 6) is 0.286. The zero-order valence-corrected chi connectivity index (χ0v) is 17.1. The van der Waals surface area contributed by atoms with Crippen molar-refractivity contribution in [3.63, 3.8) is 0 Å². The van der Waals surface area contributed by atoms with E-state index < -0.39 is 0 Å². The maximum atomic E-state index is 12.9. The van der Waals surface area contributed by atoms with Crippen LogP contribution in [0.5, 0.6) is 0 Å². The van der Waals surface area contributed by atoms with Gasteiger partial charge in [0, 0.05) is 31.4 Å². The molecular formula is C22H25N5OS. The quantitative estimate of drug-likeness (QED) is 0.716. The van der Waals surface area contributed by atoms with Crippen molar-refractivity contribution in [2.24, 2.45) is 5.92 Å². The van der Waals surface area contributed by atoms with E-state index in [9.17, 15) is 4.79 Å². The number of aromatic nitrogens is 3. The molecule has 29 heavy (non-hydrogen) atoms. The Hall–Kier alpha value is -2.67. The molecule has 1 N–H and O–H groups in total. The third kappa shape index (κ3) is 3.79. The molecule has 150 valence electrons. The van der Waals surface area contributed by atoms with E-state index >= 15 is 0 Å². The van der Waals surface area contributed by atoms with Gasteiger partial charge in [-0.25, -0.2) is 0 Å². The molecule has 0 radical (unpaired) electrons. The number of carbonyl (C=O) groups excluding carboxylic acids is 1. The molecule has 1 aliphatic heterocycles. The van der Waals surface area contributed by atoms with Crippen LogP contribution in [0.1, 0.15) is 42.9 Å². The molecule has 7 heteroatoms. The first kappa shape index (κ1) is 18.4. The van der Waals surface area contributed by atoms with Gasteiger partial charge in [0.25, 0.3) is 0 Å². The van der Waals surface area contributed by atoms with E-state index in [0.717, 1.165) is 55.5 Å². The monoisotopic (exact) mass is 407 g/mol. The van der Waals surface area contributed by atoms with Crippen LogP contribution in [0.2, 0.25) is 0 Å². The number of nitrogens with zero attached hydrogens (tertiary/aromatic N) is 4. The van der Waals surface area contributed by atoms with Gasteiger partial charge in [-0.3, -0.25) is 9.36 Å². The molecule has 1 saturated heterocycles. The maximum Gasteiger partial charge on any atom is 0.223 e. The van der Waals surface area contributed by atoms with Crippen molar-refractivity contribution in [3.8, 4) is 5.13 Å². The lowest BCUT2D eigenvalue weighted by atomic mass is 9.87. The minimum Gasteiger partial charge on any atom is -0.349 e. The summed E-state index contributed by atoms with van der Waals surface area (Å²) in [6.07, 6.45) is 8.97. The minimum atomic E-state index is 0.0807. The van der Waals surface area contributed by atoms with Crippen molar-refractivity contribution in [1.82, 2.24) is 20.1 Å². The molecule has 1 atom stereocenters. The number of aryl methyl sites for hydroxylation is 1. The molecule has 3 heterocycles. The van der Waals surface area contributed by atoms with Crippen molar-refractivity contribution in [1.29, 1.82) is 0 Å². The maximum absolute atomic E-state index is 12.9. The van der Waals surface area contributed by atoms with Crippen LogP contribution < -0.4 is 10.2 Å². The third-order valence-corrected chi connectivity index (χ3v) is 7.05. The number of hydrogen-bond acceptors (Lipinski definition) is 5. The second-order valence-corrected chi connectivity index (χ2v) is 8.81. The molecule has 1 amide bonds. The Morgan fingerprint density at radius 3 is 2.59 bits per heavy atom. The van der Waals surface area contributed by atoms with E-state index in [2.05, 4.69) is 44.7 Å². The number of amides is 1. The number of anilines is 1. The van der Waals surface area contributed by atoms with E-state index in [1.807, 2.05) is 29.1 Å². The zero-order chi connectivity index (χ0) is 19.6. The third-order valence-electron chi connectivity index (χ3n) is 6.05. The highest BCUT2D eigenvalue weighted by molar-refractivity contribution is 7.17. The fourth-order valence-corrected chi connectivity index (χ4v) is 5.29. The second-order valence-electron chi connectivity index (χ2n) is 7.87. The number of piperidine rings is 1. The van der Waals surface area contributed by atoms with Crippen LogP contribution >= 0.6 is 11.3 Å². The predicted molar refractivity (Wildman–Crippen MR) is 114 cm³/mol. The molecule has 2 aliphatic rings. The van der Waals surface area contributed by atoms with Gasteiger partial charge in [-0.2, -0.15) is 0 Å². The van der Waals surface area contributed by atoms with E-state index in [1.54, 1.807) is 11.3 Å². The van der Waals surface area contributed by atoms with Gasteiger partial charge in [-0.15, -0.1) is 10.2 Å². The molecule has 3 aromatic rings. The fraction of sp³-hybridized carbons (Fsp3) is 0.409. The van der Waals surface area contributed by atoms with Gasteiger partial charge in [0.05, 0.1) is 6.04 Å².